The number of hydrogen-bond acceptors (Lipinski definition) is 4. The quantitative estimate of drug-likeness (QED) is 0.430. The van der Waals surface area contributed by atoms with Gasteiger partial charge in [0.15, 0.2) is 0 Å². The van der Waals surface area contributed by atoms with Crippen molar-refractivity contribution in [1.29, 1.82) is 0 Å². The predicted molar refractivity (Wildman–Crippen MR) is 104 cm³/mol. The number of unbranched alkanes of at least 4 members (excludes halogenated alkanes) is 5. The Morgan fingerprint density at radius 2 is 1.89 bits per heavy atom. The molecule has 3 amide bonds. The first-order chi connectivity index (χ1) is 13.6. The van der Waals surface area contributed by atoms with Crippen LogP contribution in [-0.4, -0.2) is 40.4 Å². The van der Waals surface area contributed by atoms with Crippen LogP contribution in [-0.2, 0) is 16.1 Å². The van der Waals surface area contributed by atoms with Crippen LogP contribution in [0.15, 0.2) is 18.2 Å². The number of aliphatic hydroxyl groups is 1. The predicted octanol–water partition coefficient (Wildman–Crippen LogP) is 2.13. The normalized spacial score (nSPS) is 18.5. The van der Waals surface area contributed by atoms with Gasteiger partial charge in [0.05, 0.1) is 0 Å². The number of nitrogens with one attached hydrogen (secondary N) is 1. The average molecular weight is 382 g/mol. The maximum absolute atomic E-state index is 12.7. The lowest BCUT2D eigenvalue weighted by Gasteiger charge is -2.29. The van der Waals surface area contributed by atoms with Gasteiger partial charge >= 0.3 is 0 Å². The summed E-state index contributed by atoms with van der Waals surface area (Å²) in [5, 5.41) is 11.1. The molecule has 0 saturated carbocycles. The summed E-state index contributed by atoms with van der Waals surface area (Å²) in [5.41, 5.74) is 2.36. The summed E-state index contributed by atoms with van der Waals surface area (Å²) in [5.74, 6) is 5.50. The Labute approximate surface area is 165 Å². The molecule has 2 heterocycles. The molecule has 1 fully saturated rings. The highest BCUT2D eigenvalue weighted by Gasteiger charge is 2.38. The molecule has 0 spiro atoms. The lowest BCUT2D eigenvalue weighted by atomic mass is 10.0. The molecule has 2 N–H and O–H groups in total. The van der Waals surface area contributed by atoms with E-state index in [9.17, 15) is 14.4 Å². The molecule has 1 unspecified atom stereocenters. The van der Waals surface area contributed by atoms with Crippen molar-refractivity contribution in [2.24, 2.45) is 0 Å². The van der Waals surface area contributed by atoms with Gasteiger partial charge in [0.25, 0.3) is 5.91 Å². The van der Waals surface area contributed by atoms with Crippen molar-refractivity contribution in [1.82, 2.24) is 10.2 Å². The molecule has 0 aromatic heterocycles. The van der Waals surface area contributed by atoms with Crippen molar-refractivity contribution in [3.8, 4) is 11.8 Å². The van der Waals surface area contributed by atoms with Gasteiger partial charge in [-0.05, 0) is 43.0 Å². The number of aliphatic hydroxyl groups excluding tert-OH is 1. The molecule has 1 aromatic carbocycles. The van der Waals surface area contributed by atoms with E-state index >= 15 is 0 Å². The third-order valence-corrected chi connectivity index (χ3v) is 5.22. The van der Waals surface area contributed by atoms with Gasteiger partial charge in [0, 0.05) is 37.1 Å². The van der Waals surface area contributed by atoms with Gasteiger partial charge < -0.3 is 10.0 Å². The molecule has 2 aliphatic heterocycles. The van der Waals surface area contributed by atoms with Gasteiger partial charge in [-0.15, -0.1) is 0 Å². The van der Waals surface area contributed by atoms with Crippen LogP contribution in [0.25, 0.3) is 0 Å². The Kier molecular flexibility index (Phi) is 6.83. The van der Waals surface area contributed by atoms with E-state index in [1.54, 1.807) is 11.0 Å². The summed E-state index contributed by atoms with van der Waals surface area (Å²) >= 11 is 0. The van der Waals surface area contributed by atoms with Crippen LogP contribution in [0.4, 0.5) is 0 Å². The first kappa shape index (κ1) is 20.1. The highest BCUT2D eigenvalue weighted by molar-refractivity contribution is 6.05. The molecule has 0 aliphatic carbocycles. The number of hydrogen-bond donors (Lipinski definition) is 2. The third kappa shape index (κ3) is 4.79. The number of imide groups is 1. The van der Waals surface area contributed by atoms with Gasteiger partial charge in [-0.1, -0.05) is 31.1 Å². The van der Waals surface area contributed by atoms with Crippen molar-refractivity contribution in [2.75, 3.05) is 6.61 Å². The molecule has 1 aromatic rings. The van der Waals surface area contributed by atoms with E-state index < -0.39 is 11.9 Å². The monoisotopic (exact) mass is 382 g/mol. The minimum atomic E-state index is -0.585. The van der Waals surface area contributed by atoms with Crippen LogP contribution >= 0.6 is 0 Å². The smallest absolute Gasteiger partial charge is 0.255 e. The number of benzene rings is 1. The first-order valence-electron chi connectivity index (χ1n) is 9.97. The topological polar surface area (TPSA) is 86.7 Å². The summed E-state index contributed by atoms with van der Waals surface area (Å²) in [7, 11) is 0. The van der Waals surface area contributed by atoms with Gasteiger partial charge in [-0.3, -0.25) is 19.7 Å². The molecule has 6 heteroatoms. The van der Waals surface area contributed by atoms with Gasteiger partial charge in [-0.25, -0.2) is 0 Å². The number of piperidine rings is 1. The van der Waals surface area contributed by atoms with Gasteiger partial charge in [-0.2, -0.15) is 0 Å². The molecule has 3 rings (SSSR count). The highest BCUT2D eigenvalue weighted by atomic mass is 16.3. The lowest BCUT2D eigenvalue weighted by molar-refractivity contribution is -0.136. The average Bonchev–Trinajstić information content (AvgIpc) is 3.00. The minimum Gasteiger partial charge on any atom is -0.396 e. The van der Waals surface area contributed by atoms with Crippen LogP contribution in [0.2, 0.25) is 0 Å². The summed E-state index contributed by atoms with van der Waals surface area (Å²) in [6.07, 6.45) is 6.68. The molecule has 28 heavy (non-hydrogen) atoms. The Morgan fingerprint density at radius 1 is 1.11 bits per heavy atom. The number of nitrogens with zero attached hydrogens (tertiary/aromatic N) is 1. The zero-order chi connectivity index (χ0) is 19.9. The number of carbonyl (C=O) groups is 3. The molecule has 6 nitrogen and oxygen atoms in total. The molecular formula is C22H26N2O4. The van der Waals surface area contributed by atoms with Crippen LogP contribution in [0.1, 0.15) is 72.9 Å². The van der Waals surface area contributed by atoms with Crippen LogP contribution in [0.5, 0.6) is 0 Å². The fourth-order valence-corrected chi connectivity index (χ4v) is 3.67. The van der Waals surface area contributed by atoms with E-state index in [1.807, 2.05) is 12.1 Å². The maximum Gasteiger partial charge on any atom is 0.255 e. The van der Waals surface area contributed by atoms with E-state index in [2.05, 4.69) is 17.2 Å². The van der Waals surface area contributed by atoms with Crippen molar-refractivity contribution in [3.63, 3.8) is 0 Å². The summed E-state index contributed by atoms with van der Waals surface area (Å²) in [6.45, 7) is 0.641. The highest BCUT2D eigenvalue weighted by Crippen LogP contribution is 2.28. The largest absolute Gasteiger partial charge is 0.396 e. The van der Waals surface area contributed by atoms with Crippen molar-refractivity contribution in [3.05, 3.63) is 34.9 Å². The van der Waals surface area contributed by atoms with E-state index in [0.717, 1.165) is 49.7 Å². The summed E-state index contributed by atoms with van der Waals surface area (Å²) in [6, 6.07) is 4.97. The molecule has 148 valence electrons. The Hall–Kier alpha value is -2.65. The standard InChI is InChI=1S/C22H26N2O4/c25-13-7-5-3-1-2-4-6-8-16-9-10-18-17(14-16)15-24(22(18)28)19-11-12-20(26)23-21(19)27/h9-10,14,19,25H,1-5,7,11-13,15H2,(H,23,26,27). The fraction of sp³-hybridized carbons (Fsp3) is 0.500. The number of amides is 3. The third-order valence-electron chi connectivity index (χ3n) is 5.22. The first-order valence-corrected chi connectivity index (χ1v) is 9.97. The minimum absolute atomic E-state index is 0.160. The second-order valence-corrected chi connectivity index (χ2v) is 7.32. The molecule has 1 atom stereocenters. The maximum atomic E-state index is 12.7. The van der Waals surface area contributed by atoms with Crippen LogP contribution in [0.3, 0.4) is 0 Å². The molecule has 1 saturated heterocycles. The molecule has 2 aliphatic rings. The van der Waals surface area contributed by atoms with E-state index in [0.29, 0.717) is 18.5 Å². The van der Waals surface area contributed by atoms with E-state index in [1.165, 1.54) is 0 Å². The second-order valence-electron chi connectivity index (χ2n) is 7.32. The van der Waals surface area contributed by atoms with Gasteiger partial charge in [0.2, 0.25) is 11.8 Å². The Morgan fingerprint density at radius 3 is 2.68 bits per heavy atom. The van der Waals surface area contributed by atoms with E-state index in [4.69, 9.17) is 5.11 Å². The zero-order valence-corrected chi connectivity index (χ0v) is 16.0. The number of fused-ring (bicyclic) bond motifs is 1. The Balaban J connectivity index is 1.56. The fourth-order valence-electron chi connectivity index (χ4n) is 3.67. The summed E-state index contributed by atoms with van der Waals surface area (Å²) in [4.78, 5) is 37.6. The van der Waals surface area contributed by atoms with Crippen molar-refractivity contribution in [2.45, 2.75) is 64.0 Å². The van der Waals surface area contributed by atoms with Gasteiger partial charge in [0.1, 0.15) is 6.04 Å². The van der Waals surface area contributed by atoms with E-state index in [-0.39, 0.29) is 24.8 Å². The Bertz CT molecular complexity index is 822. The molecule has 0 bridgehead atoms. The lowest BCUT2D eigenvalue weighted by Crippen LogP contribution is -2.52. The number of carbonyl (C=O) groups excluding carboxylic acids is 3. The van der Waals surface area contributed by atoms with Crippen LogP contribution < -0.4 is 5.32 Å². The van der Waals surface area contributed by atoms with Crippen molar-refractivity contribution >= 4 is 17.7 Å². The number of rotatable bonds is 7. The van der Waals surface area contributed by atoms with Crippen molar-refractivity contribution < 1.29 is 19.5 Å². The summed E-state index contributed by atoms with van der Waals surface area (Å²) < 4.78 is 0. The zero-order valence-electron chi connectivity index (χ0n) is 16.0. The second kappa shape index (κ2) is 9.52. The molecule has 0 radical (unpaired) electrons. The van der Waals surface area contributed by atoms with Crippen LogP contribution in [0, 0.1) is 11.8 Å². The molecular weight excluding hydrogens is 356 g/mol. The SMILES string of the molecule is O=C1CCC(N2Cc3cc(C#CCCCCCCCO)ccc3C2=O)C(=O)N1.